The molecule has 0 bridgehead atoms. The molecule has 1 N–H and O–H groups in total. The van der Waals surface area contributed by atoms with E-state index in [0.29, 0.717) is 5.75 Å². The number of nitrogens with zero attached hydrogens (tertiary/aromatic N) is 6. The molecule has 1 atom stereocenters. The molecule has 3 rings (SSSR count). The number of hydrogen-bond donors (Lipinski definition) is 1. The summed E-state index contributed by atoms with van der Waals surface area (Å²) in [5.74, 6) is -0.244. The number of aromatic nitrogens is 6. The second-order valence-corrected chi connectivity index (χ2v) is 9.51. The Morgan fingerprint density at radius 1 is 1.10 bits per heavy atom. The molecule has 0 amide bonds. The molecule has 3 aromatic rings. The van der Waals surface area contributed by atoms with Crippen LogP contribution in [0.25, 0.3) is 0 Å². The first kappa shape index (κ1) is 24.6. The lowest BCUT2D eigenvalue weighted by atomic mass is 9.93. The first-order valence-electron chi connectivity index (χ1n) is 8.94. The van der Waals surface area contributed by atoms with Gasteiger partial charge in [0.15, 0.2) is 0 Å². The summed E-state index contributed by atoms with van der Waals surface area (Å²) >= 11 is 0. The third kappa shape index (κ3) is 7.81. The normalized spacial score (nSPS) is 12.0. The van der Waals surface area contributed by atoms with Crippen LogP contribution in [0.5, 0.6) is 0 Å². The highest BCUT2D eigenvalue weighted by Crippen LogP contribution is 2.28. The smallest absolute Gasteiger partial charge is 0.137 e. The van der Waals surface area contributed by atoms with E-state index in [-0.39, 0.29) is 18.7 Å². The molecule has 166 valence electrons. The third-order valence-electron chi connectivity index (χ3n) is 3.78. The summed E-state index contributed by atoms with van der Waals surface area (Å²) in [5.41, 5.74) is -1.75. The lowest BCUT2D eigenvalue weighted by Gasteiger charge is -2.28. The summed E-state index contributed by atoms with van der Waals surface area (Å²) in [6.07, 6.45) is 8.80. The highest BCUT2D eigenvalue weighted by atomic mass is 33.1. The first-order chi connectivity index (χ1) is 14.9. The average molecular weight is 469 g/mol. The maximum Gasteiger partial charge on any atom is 0.137 e. The monoisotopic (exact) mass is 468 g/mol. The van der Waals surface area contributed by atoms with Crippen molar-refractivity contribution in [3.8, 4) is 0 Å². The largest absolute Gasteiger partial charge is 0.381 e. The fourth-order valence-corrected chi connectivity index (χ4v) is 4.38. The minimum atomic E-state index is -1.70. The van der Waals surface area contributed by atoms with E-state index in [2.05, 4.69) is 33.3 Å². The summed E-state index contributed by atoms with van der Waals surface area (Å²) < 4.78 is 40.7. The van der Waals surface area contributed by atoms with E-state index in [4.69, 9.17) is 0 Å². The van der Waals surface area contributed by atoms with Crippen molar-refractivity contribution in [3.05, 3.63) is 86.0 Å². The molecule has 0 aliphatic carbocycles. The number of rotatable bonds is 10. The lowest BCUT2D eigenvalue weighted by Crippen LogP contribution is -2.37. The molecule has 31 heavy (non-hydrogen) atoms. The first-order valence-corrected chi connectivity index (χ1v) is 11.8. The van der Waals surface area contributed by atoms with Crippen molar-refractivity contribution in [1.29, 1.82) is 0 Å². The maximum absolute atomic E-state index is 14.1. The molecule has 0 fully saturated rings. The van der Waals surface area contributed by atoms with Crippen LogP contribution < -0.4 is 0 Å². The minimum Gasteiger partial charge on any atom is -0.381 e. The molecule has 1 aromatic carbocycles. The van der Waals surface area contributed by atoms with Gasteiger partial charge in [0.1, 0.15) is 42.5 Å². The number of aliphatic hydroxyl groups is 1. The van der Waals surface area contributed by atoms with Crippen LogP contribution in [0.3, 0.4) is 0 Å². The molecule has 2 heterocycles. The Balaban J connectivity index is 0.000000323. The molecule has 0 aliphatic heterocycles. The summed E-state index contributed by atoms with van der Waals surface area (Å²) in [6, 6.07) is 3.02. The minimum absolute atomic E-state index is 0.0556. The average Bonchev–Trinajstić information content (AvgIpc) is 3.41. The van der Waals surface area contributed by atoms with Gasteiger partial charge >= 0.3 is 0 Å². The van der Waals surface area contributed by atoms with Crippen LogP contribution in [0.2, 0.25) is 0 Å². The van der Waals surface area contributed by atoms with Gasteiger partial charge in [0.25, 0.3) is 0 Å². The van der Waals surface area contributed by atoms with E-state index >= 15 is 0 Å². The van der Waals surface area contributed by atoms with Gasteiger partial charge in [0.2, 0.25) is 0 Å². The molecule has 0 radical (unpaired) electrons. The second kappa shape index (κ2) is 12.2. The van der Waals surface area contributed by atoms with Crippen molar-refractivity contribution in [3.63, 3.8) is 0 Å². The van der Waals surface area contributed by atoms with Crippen LogP contribution in [-0.4, -0.2) is 50.4 Å². The highest BCUT2D eigenvalue weighted by Gasteiger charge is 2.34. The predicted molar refractivity (Wildman–Crippen MR) is 116 cm³/mol. The fraction of sp³-hybridized carbons (Fsp3) is 0.263. The summed E-state index contributed by atoms with van der Waals surface area (Å²) in [6.45, 7) is 6.84. The van der Waals surface area contributed by atoms with E-state index in [1.807, 2.05) is 0 Å². The van der Waals surface area contributed by atoms with E-state index in [1.165, 1.54) is 51.5 Å². The fourth-order valence-electron chi connectivity index (χ4n) is 2.52. The van der Waals surface area contributed by atoms with Crippen LogP contribution in [0.4, 0.5) is 8.78 Å². The van der Waals surface area contributed by atoms with Crippen LogP contribution in [0.15, 0.2) is 68.8 Å². The second-order valence-electron chi connectivity index (χ2n) is 6.17. The quantitative estimate of drug-likeness (QED) is 0.361. The molecule has 0 spiro atoms. The third-order valence-corrected chi connectivity index (χ3v) is 6.53. The van der Waals surface area contributed by atoms with Crippen molar-refractivity contribution in [2.45, 2.75) is 18.7 Å². The Hall–Kier alpha value is -2.70. The number of hydrogen-bond acceptors (Lipinski definition) is 7. The zero-order valence-corrected chi connectivity index (χ0v) is 18.2. The Morgan fingerprint density at radius 3 is 2.16 bits per heavy atom. The van der Waals surface area contributed by atoms with Gasteiger partial charge in [-0.3, -0.25) is 0 Å². The van der Waals surface area contributed by atoms with E-state index in [0.717, 1.165) is 17.9 Å². The standard InChI is InChI=1S/C13H12F2N6O.C6H10OS2/c14-10-1-2-11(12(15)3-10)13(22,4-20-8-16-6-18-20)5-21-9-17-7-19-21;1-3-5-8-9(7)6-4-2/h1-3,6-9,22H,4-5H2;3-4H,1-2,5-6H2. The molecular weight excluding hydrogens is 446 g/mol. The molecular formula is C19H22F2N6O2S2. The Bertz CT molecular complexity index is 947. The Labute approximate surface area is 184 Å². The van der Waals surface area contributed by atoms with E-state index < -0.39 is 27.1 Å². The summed E-state index contributed by atoms with van der Waals surface area (Å²) in [4.78, 5) is 7.57. The van der Waals surface area contributed by atoms with Gasteiger partial charge in [-0.1, -0.05) is 29.0 Å². The summed E-state index contributed by atoms with van der Waals surface area (Å²) in [7, 11) is 0.591. The number of benzene rings is 1. The van der Waals surface area contributed by atoms with Crippen molar-refractivity contribution >= 4 is 20.6 Å². The van der Waals surface area contributed by atoms with Crippen LogP contribution >= 0.6 is 10.8 Å². The van der Waals surface area contributed by atoms with Crippen molar-refractivity contribution in [1.82, 2.24) is 29.5 Å². The maximum atomic E-state index is 14.1. The molecule has 8 nitrogen and oxygen atoms in total. The topological polar surface area (TPSA) is 98.7 Å². The van der Waals surface area contributed by atoms with Gasteiger partial charge in [-0.15, -0.1) is 13.2 Å². The highest BCUT2D eigenvalue weighted by molar-refractivity contribution is 8.69. The Morgan fingerprint density at radius 2 is 1.71 bits per heavy atom. The van der Waals surface area contributed by atoms with Gasteiger partial charge in [-0.25, -0.2) is 32.3 Å². The number of halogens is 2. The molecule has 2 aromatic heterocycles. The predicted octanol–water partition coefficient (Wildman–Crippen LogP) is 2.49. The summed E-state index contributed by atoms with van der Waals surface area (Å²) in [5, 5.41) is 18.8. The molecule has 0 aliphatic rings. The Kier molecular flexibility index (Phi) is 9.69. The van der Waals surface area contributed by atoms with Crippen molar-refractivity contribution in [2.24, 2.45) is 0 Å². The van der Waals surface area contributed by atoms with Crippen LogP contribution in [0, 0.1) is 11.6 Å². The van der Waals surface area contributed by atoms with Gasteiger partial charge in [-0.05, 0) is 6.07 Å². The zero-order valence-electron chi connectivity index (χ0n) is 16.5. The molecule has 0 saturated heterocycles. The van der Waals surface area contributed by atoms with E-state index in [1.54, 1.807) is 12.2 Å². The van der Waals surface area contributed by atoms with Gasteiger partial charge < -0.3 is 5.11 Å². The van der Waals surface area contributed by atoms with Crippen molar-refractivity contribution < 1.29 is 18.1 Å². The zero-order chi connectivity index (χ0) is 22.7. The lowest BCUT2D eigenvalue weighted by molar-refractivity contribution is -0.00855. The van der Waals surface area contributed by atoms with Crippen LogP contribution in [-0.2, 0) is 28.5 Å². The van der Waals surface area contributed by atoms with E-state index in [9.17, 15) is 18.1 Å². The van der Waals surface area contributed by atoms with Crippen molar-refractivity contribution in [2.75, 3.05) is 11.5 Å². The van der Waals surface area contributed by atoms with Gasteiger partial charge in [0, 0.05) is 17.4 Å². The molecule has 0 saturated carbocycles. The van der Waals surface area contributed by atoms with Gasteiger partial charge in [-0.2, -0.15) is 10.2 Å². The van der Waals surface area contributed by atoms with Crippen LogP contribution in [0.1, 0.15) is 5.56 Å². The SMILES string of the molecule is C=CCSS(=O)CC=C.OC(Cn1cncn1)(Cn1cncn1)c1ccc(F)cc1F. The molecule has 1 unspecified atom stereocenters. The van der Waals surface area contributed by atoms with Gasteiger partial charge in [0.05, 0.1) is 28.7 Å². The molecule has 12 heteroatoms.